The van der Waals surface area contributed by atoms with Gasteiger partial charge in [-0.2, -0.15) is 5.26 Å². The van der Waals surface area contributed by atoms with Crippen molar-refractivity contribution in [1.29, 1.82) is 5.26 Å². The van der Waals surface area contributed by atoms with Gasteiger partial charge in [-0.1, -0.05) is 0 Å². The lowest BCUT2D eigenvalue weighted by Gasteiger charge is -2.06. The molecule has 7 heteroatoms. The molecule has 0 N–H and O–H groups in total. The van der Waals surface area contributed by atoms with E-state index in [2.05, 4.69) is 15.9 Å². The Morgan fingerprint density at radius 3 is 2.53 bits per heavy atom. The van der Waals surface area contributed by atoms with Crippen molar-refractivity contribution < 1.29 is 13.2 Å². The van der Waals surface area contributed by atoms with E-state index >= 15 is 0 Å². The molecular formula is C8H5BrClNO3S. The first-order valence-electron chi connectivity index (χ1n) is 3.62. The molecule has 0 aromatic heterocycles. The fourth-order valence-corrected chi connectivity index (χ4v) is 2.56. The highest BCUT2D eigenvalue weighted by Gasteiger charge is 2.19. The number of nitrogens with zero attached hydrogens (tertiary/aromatic N) is 1. The zero-order valence-corrected chi connectivity index (χ0v) is 10.6. The summed E-state index contributed by atoms with van der Waals surface area (Å²) in [4.78, 5) is -0.169. The highest BCUT2D eigenvalue weighted by atomic mass is 79.9. The lowest BCUT2D eigenvalue weighted by atomic mass is 10.2. The zero-order chi connectivity index (χ0) is 11.6. The summed E-state index contributed by atoms with van der Waals surface area (Å²) in [5.41, 5.74) is 0.274. The van der Waals surface area contributed by atoms with Crippen molar-refractivity contribution in [3.8, 4) is 11.8 Å². The standard InChI is InChI=1S/C8H5BrClNO3S/c1-14-7-2-5(4-11)6(9)3-8(7)15(10,12)13/h2-3H,1H3. The first-order chi connectivity index (χ1) is 6.90. The highest BCUT2D eigenvalue weighted by molar-refractivity contribution is 9.10. The monoisotopic (exact) mass is 309 g/mol. The molecule has 15 heavy (non-hydrogen) atoms. The van der Waals surface area contributed by atoms with E-state index in [0.717, 1.165) is 0 Å². The molecule has 0 saturated heterocycles. The fraction of sp³-hybridized carbons (Fsp3) is 0.125. The molecule has 80 valence electrons. The smallest absolute Gasteiger partial charge is 0.265 e. The van der Waals surface area contributed by atoms with Gasteiger partial charge in [-0.25, -0.2) is 8.42 Å². The van der Waals surface area contributed by atoms with Gasteiger partial charge in [-0.05, 0) is 22.0 Å². The van der Waals surface area contributed by atoms with Crippen LogP contribution in [0.2, 0.25) is 0 Å². The fourth-order valence-electron chi connectivity index (χ4n) is 0.971. The summed E-state index contributed by atoms with van der Waals surface area (Å²) < 4.78 is 27.5. The summed E-state index contributed by atoms with van der Waals surface area (Å²) in [6, 6.07) is 4.42. The molecule has 0 spiro atoms. The lowest BCUT2D eigenvalue weighted by molar-refractivity contribution is 0.403. The van der Waals surface area contributed by atoms with Gasteiger partial charge >= 0.3 is 0 Å². The van der Waals surface area contributed by atoms with Crippen molar-refractivity contribution in [3.63, 3.8) is 0 Å². The summed E-state index contributed by atoms with van der Waals surface area (Å²) in [6.45, 7) is 0. The Labute approximate surface area is 100.0 Å². The Bertz CT molecular complexity index is 536. The van der Waals surface area contributed by atoms with E-state index in [1.807, 2.05) is 6.07 Å². The highest BCUT2D eigenvalue weighted by Crippen LogP contribution is 2.32. The second-order valence-corrected chi connectivity index (χ2v) is 5.92. The van der Waals surface area contributed by atoms with E-state index in [9.17, 15) is 8.42 Å². The predicted octanol–water partition coefficient (Wildman–Crippen LogP) is 2.26. The SMILES string of the molecule is COc1cc(C#N)c(Br)cc1S(=O)(=O)Cl. The number of rotatable bonds is 2. The van der Waals surface area contributed by atoms with Crippen LogP contribution in [-0.2, 0) is 9.05 Å². The molecule has 0 radical (unpaired) electrons. The Kier molecular flexibility index (Phi) is 3.60. The van der Waals surface area contributed by atoms with Crippen LogP contribution in [0.1, 0.15) is 5.56 Å². The quantitative estimate of drug-likeness (QED) is 0.786. The topological polar surface area (TPSA) is 67.2 Å². The number of hydrogen-bond acceptors (Lipinski definition) is 4. The van der Waals surface area contributed by atoms with Crippen molar-refractivity contribution in [3.05, 3.63) is 22.2 Å². The van der Waals surface area contributed by atoms with Gasteiger partial charge in [-0.3, -0.25) is 0 Å². The first kappa shape index (κ1) is 12.3. The van der Waals surface area contributed by atoms with E-state index in [4.69, 9.17) is 20.7 Å². The third kappa shape index (κ3) is 2.62. The van der Waals surface area contributed by atoms with Crippen LogP contribution >= 0.6 is 26.6 Å². The third-order valence-electron chi connectivity index (χ3n) is 1.64. The summed E-state index contributed by atoms with van der Waals surface area (Å²) in [6.07, 6.45) is 0. The third-order valence-corrected chi connectivity index (χ3v) is 3.64. The van der Waals surface area contributed by atoms with Gasteiger partial charge < -0.3 is 4.74 Å². The number of ether oxygens (including phenoxy) is 1. The minimum absolute atomic E-state index is 0.0461. The normalized spacial score (nSPS) is 10.8. The number of nitriles is 1. The Morgan fingerprint density at radius 2 is 2.13 bits per heavy atom. The Morgan fingerprint density at radius 1 is 1.53 bits per heavy atom. The van der Waals surface area contributed by atoms with Crippen molar-refractivity contribution in [2.45, 2.75) is 4.90 Å². The van der Waals surface area contributed by atoms with Crippen LogP contribution in [0.3, 0.4) is 0 Å². The maximum atomic E-state index is 11.1. The molecule has 1 aromatic rings. The van der Waals surface area contributed by atoms with Crippen LogP contribution in [0.5, 0.6) is 5.75 Å². The minimum atomic E-state index is -3.89. The number of halogens is 2. The Hall–Kier alpha value is -0.770. The summed E-state index contributed by atoms with van der Waals surface area (Å²) in [5.74, 6) is 0.0461. The molecular weight excluding hydrogens is 306 g/mol. The average molecular weight is 311 g/mol. The van der Waals surface area contributed by atoms with E-state index in [1.165, 1.54) is 19.2 Å². The molecule has 1 rings (SSSR count). The van der Waals surface area contributed by atoms with Gasteiger partial charge in [0.1, 0.15) is 16.7 Å². The van der Waals surface area contributed by atoms with E-state index in [-0.39, 0.29) is 16.2 Å². The van der Waals surface area contributed by atoms with Crippen LogP contribution in [-0.4, -0.2) is 15.5 Å². The molecule has 0 aliphatic rings. The van der Waals surface area contributed by atoms with Crippen LogP contribution in [0.4, 0.5) is 0 Å². The van der Waals surface area contributed by atoms with Crippen molar-refractivity contribution in [1.82, 2.24) is 0 Å². The molecule has 0 aliphatic carbocycles. The van der Waals surface area contributed by atoms with Crippen LogP contribution in [0, 0.1) is 11.3 Å². The van der Waals surface area contributed by atoms with Crippen molar-refractivity contribution >= 4 is 35.7 Å². The van der Waals surface area contributed by atoms with E-state index in [0.29, 0.717) is 4.47 Å². The second-order valence-electron chi connectivity index (χ2n) is 2.53. The largest absolute Gasteiger partial charge is 0.495 e. The van der Waals surface area contributed by atoms with Gasteiger partial charge in [0, 0.05) is 21.2 Å². The first-order valence-corrected chi connectivity index (χ1v) is 6.72. The molecule has 0 atom stereocenters. The molecule has 0 amide bonds. The molecule has 0 aliphatic heterocycles. The zero-order valence-electron chi connectivity index (χ0n) is 7.49. The molecule has 0 fully saturated rings. The minimum Gasteiger partial charge on any atom is -0.495 e. The van der Waals surface area contributed by atoms with E-state index < -0.39 is 9.05 Å². The maximum Gasteiger partial charge on any atom is 0.265 e. The predicted molar refractivity (Wildman–Crippen MR) is 58.4 cm³/mol. The molecule has 0 heterocycles. The Balaban J connectivity index is 3.57. The van der Waals surface area contributed by atoms with Crippen molar-refractivity contribution in [2.24, 2.45) is 0 Å². The maximum absolute atomic E-state index is 11.1. The average Bonchev–Trinajstić information content (AvgIpc) is 2.16. The molecule has 0 saturated carbocycles. The molecule has 4 nitrogen and oxygen atoms in total. The van der Waals surface area contributed by atoms with Gasteiger partial charge in [0.15, 0.2) is 0 Å². The number of benzene rings is 1. The lowest BCUT2D eigenvalue weighted by Crippen LogP contribution is -1.97. The molecule has 0 bridgehead atoms. The van der Waals surface area contributed by atoms with Crippen molar-refractivity contribution in [2.75, 3.05) is 7.11 Å². The van der Waals surface area contributed by atoms with Gasteiger partial charge in [-0.15, -0.1) is 0 Å². The summed E-state index contributed by atoms with van der Waals surface area (Å²) >= 11 is 3.06. The number of hydrogen-bond donors (Lipinski definition) is 0. The van der Waals surface area contributed by atoms with E-state index in [1.54, 1.807) is 0 Å². The summed E-state index contributed by atoms with van der Waals surface area (Å²) in [7, 11) is 2.61. The molecule has 0 unspecified atom stereocenters. The molecule has 1 aromatic carbocycles. The van der Waals surface area contributed by atoms with Gasteiger partial charge in [0.25, 0.3) is 9.05 Å². The van der Waals surface area contributed by atoms with Gasteiger partial charge in [0.05, 0.1) is 12.7 Å². The van der Waals surface area contributed by atoms with Gasteiger partial charge in [0.2, 0.25) is 0 Å². The van der Waals surface area contributed by atoms with Crippen LogP contribution in [0.25, 0.3) is 0 Å². The number of methoxy groups -OCH3 is 1. The second kappa shape index (κ2) is 4.39. The van der Waals surface area contributed by atoms with Crippen LogP contribution < -0.4 is 4.74 Å². The summed E-state index contributed by atoms with van der Waals surface area (Å²) in [5, 5.41) is 8.71. The van der Waals surface area contributed by atoms with Crippen LogP contribution in [0.15, 0.2) is 21.5 Å².